The third kappa shape index (κ3) is 2.89. The van der Waals surface area contributed by atoms with Gasteiger partial charge in [-0.15, -0.1) is 0 Å². The predicted molar refractivity (Wildman–Crippen MR) is 128 cm³/mol. The largest absolute Gasteiger partial charge is 0.154 e. The molecular formula is C28H20N2. The maximum absolute atomic E-state index is 4.75. The van der Waals surface area contributed by atoms with Crippen molar-refractivity contribution in [1.82, 2.24) is 0 Å². The van der Waals surface area contributed by atoms with E-state index in [1.807, 2.05) is 0 Å². The van der Waals surface area contributed by atoms with Crippen molar-refractivity contribution >= 4 is 45.1 Å². The Morgan fingerprint density at radius 1 is 0.500 bits per heavy atom. The van der Waals surface area contributed by atoms with Crippen LogP contribution in [0.15, 0.2) is 95.2 Å². The molecule has 0 bridgehead atoms. The fraction of sp³-hybridized carbons (Fsp3) is 0.0714. The molecule has 0 spiro atoms. The number of allylic oxidation sites excluding steroid dienone is 2. The van der Waals surface area contributed by atoms with Gasteiger partial charge in [-0.3, -0.25) is 0 Å². The van der Waals surface area contributed by atoms with Crippen molar-refractivity contribution in [3.63, 3.8) is 0 Å². The lowest BCUT2D eigenvalue weighted by atomic mass is 9.92. The Morgan fingerprint density at radius 3 is 1.33 bits per heavy atom. The van der Waals surface area contributed by atoms with Crippen molar-refractivity contribution in [3.05, 3.63) is 107 Å². The molecule has 0 radical (unpaired) electrons. The SMILES string of the molecule is C1=Cc2cc3ccccc3cc2C(=NN=C2CC=Cc3cc4ccccc4cc32)C1. The smallest absolute Gasteiger partial charge is 0.0746 e. The van der Waals surface area contributed by atoms with Crippen LogP contribution in [0.2, 0.25) is 0 Å². The zero-order valence-corrected chi connectivity index (χ0v) is 16.5. The summed E-state index contributed by atoms with van der Waals surface area (Å²) in [6.45, 7) is 0. The van der Waals surface area contributed by atoms with E-state index in [0.29, 0.717) is 0 Å². The van der Waals surface area contributed by atoms with Crippen molar-refractivity contribution < 1.29 is 0 Å². The quantitative estimate of drug-likeness (QED) is 0.315. The molecule has 2 heteroatoms. The molecule has 4 aromatic carbocycles. The topological polar surface area (TPSA) is 24.7 Å². The van der Waals surface area contributed by atoms with Gasteiger partial charge in [-0.25, -0.2) is 0 Å². The van der Waals surface area contributed by atoms with Crippen LogP contribution >= 0.6 is 0 Å². The van der Waals surface area contributed by atoms with Gasteiger partial charge in [0.25, 0.3) is 0 Å². The molecule has 4 aromatic rings. The van der Waals surface area contributed by atoms with Crippen molar-refractivity contribution in [1.29, 1.82) is 0 Å². The van der Waals surface area contributed by atoms with E-state index in [4.69, 9.17) is 10.2 Å². The van der Waals surface area contributed by atoms with E-state index in [0.717, 1.165) is 24.3 Å². The Bertz CT molecular complexity index is 1320. The molecular weight excluding hydrogens is 364 g/mol. The maximum atomic E-state index is 4.75. The van der Waals surface area contributed by atoms with E-state index in [1.165, 1.54) is 43.8 Å². The summed E-state index contributed by atoms with van der Waals surface area (Å²) < 4.78 is 0. The second-order valence-corrected chi connectivity index (χ2v) is 7.88. The van der Waals surface area contributed by atoms with Crippen LogP contribution in [0.25, 0.3) is 33.7 Å². The number of fused-ring (bicyclic) bond motifs is 4. The normalized spacial score (nSPS) is 17.6. The molecule has 0 saturated heterocycles. The second kappa shape index (κ2) is 6.93. The Balaban J connectivity index is 1.45. The molecule has 2 aliphatic rings. The van der Waals surface area contributed by atoms with Crippen molar-refractivity contribution in [2.45, 2.75) is 12.8 Å². The Hall–Kier alpha value is -3.78. The number of nitrogens with zero attached hydrogens (tertiary/aromatic N) is 2. The van der Waals surface area contributed by atoms with E-state index in [9.17, 15) is 0 Å². The van der Waals surface area contributed by atoms with Crippen molar-refractivity contribution in [3.8, 4) is 0 Å². The van der Waals surface area contributed by atoms with Crippen LogP contribution in [0.5, 0.6) is 0 Å². The first kappa shape index (κ1) is 17.1. The van der Waals surface area contributed by atoms with Gasteiger partial charge in [0.15, 0.2) is 0 Å². The summed E-state index contributed by atoms with van der Waals surface area (Å²) in [5.74, 6) is 0. The van der Waals surface area contributed by atoms with Crippen LogP contribution in [0.1, 0.15) is 35.1 Å². The van der Waals surface area contributed by atoms with Crippen LogP contribution in [0.4, 0.5) is 0 Å². The highest BCUT2D eigenvalue weighted by atomic mass is 15.2. The third-order valence-electron chi connectivity index (χ3n) is 5.97. The molecule has 2 aliphatic carbocycles. The van der Waals surface area contributed by atoms with Crippen LogP contribution in [-0.4, -0.2) is 11.4 Å². The molecule has 0 aliphatic heterocycles. The Morgan fingerprint density at radius 2 is 0.900 bits per heavy atom. The predicted octanol–water partition coefficient (Wildman–Crippen LogP) is 7.02. The summed E-state index contributed by atoms with van der Waals surface area (Å²) in [5.41, 5.74) is 6.87. The fourth-order valence-electron chi connectivity index (χ4n) is 4.42. The van der Waals surface area contributed by atoms with E-state index >= 15 is 0 Å². The molecule has 2 nitrogen and oxygen atoms in total. The van der Waals surface area contributed by atoms with Gasteiger partial charge in [0, 0.05) is 24.0 Å². The zero-order valence-electron chi connectivity index (χ0n) is 16.5. The van der Waals surface area contributed by atoms with Gasteiger partial charge in [0.1, 0.15) is 0 Å². The number of hydrogen-bond donors (Lipinski definition) is 0. The summed E-state index contributed by atoms with van der Waals surface area (Å²) in [6, 6.07) is 25.9. The van der Waals surface area contributed by atoms with E-state index in [1.54, 1.807) is 0 Å². The van der Waals surface area contributed by atoms with Crippen molar-refractivity contribution in [2.24, 2.45) is 10.2 Å². The Kier molecular flexibility index (Phi) is 3.95. The summed E-state index contributed by atoms with van der Waals surface area (Å²) in [4.78, 5) is 0. The molecule has 0 aromatic heterocycles. The van der Waals surface area contributed by atoms with Gasteiger partial charge >= 0.3 is 0 Å². The number of hydrogen-bond acceptors (Lipinski definition) is 2. The zero-order chi connectivity index (χ0) is 19.9. The Labute approximate surface area is 175 Å². The standard InChI is InChI=1S/C28H20N2/c1-3-9-21-17-25-23(15-19(21)7-1)11-5-13-27(25)29-30-28-14-6-12-24-16-20-8-2-4-10-22(20)18-26(24)28/h1-12,15-18H,13-14H2. The van der Waals surface area contributed by atoms with E-state index in [2.05, 4.69) is 97.1 Å². The minimum Gasteiger partial charge on any atom is -0.154 e. The molecule has 0 fully saturated rings. The van der Waals surface area contributed by atoms with Crippen LogP contribution in [-0.2, 0) is 0 Å². The third-order valence-corrected chi connectivity index (χ3v) is 5.97. The van der Waals surface area contributed by atoms with Crippen LogP contribution in [0.3, 0.4) is 0 Å². The summed E-state index contributed by atoms with van der Waals surface area (Å²) in [6.07, 6.45) is 10.4. The summed E-state index contributed by atoms with van der Waals surface area (Å²) >= 11 is 0. The lowest BCUT2D eigenvalue weighted by Gasteiger charge is -2.15. The highest BCUT2D eigenvalue weighted by Gasteiger charge is 2.15. The van der Waals surface area contributed by atoms with Gasteiger partial charge in [-0.05, 0) is 56.9 Å². The molecule has 6 rings (SSSR count). The average Bonchev–Trinajstić information content (AvgIpc) is 2.80. The highest BCUT2D eigenvalue weighted by Crippen LogP contribution is 2.28. The highest BCUT2D eigenvalue weighted by molar-refractivity contribution is 6.12. The van der Waals surface area contributed by atoms with E-state index in [-0.39, 0.29) is 0 Å². The first-order chi connectivity index (χ1) is 14.8. The molecule has 0 saturated carbocycles. The number of benzene rings is 4. The van der Waals surface area contributed by atoms with Gasteiger partial charge in [0.05, 0.1) is 11.4 Å². The summed E-state index contributed by atoms with van der Waals surface area (Å²) in [5, 5.41) is 14.5. The molecule has 0 amide bonds. The first-order valence-corrected chi connectivity index (χ1v) is 10.4. The molecule has 0 unspecified atom stereocenters. The average molecular weight is 384 g/mol. The van der Waals surface area contributed by atoms with Gasteiger partial charge in [-0.1, -0.05) is 72.8 Å². The number of rotatable bonds is 1. The van der Waals surface area contributed by atoms with Gasteiger partial charge < -0.3 is 0 Å². The lowest BCUT2D eigenvalue weighted by molar-refractivity contribution is 1.17. The molecule has 0 atom stereocenters. The minimum absolute atomic E-state index is 0.808. The second-order valence-electron chi connectivity index (χ2n) is 7.88. The summed E-state index contributed by atoms with van der Waals surface area (Å²) in [7, 11) is 0. The fourth-order valence-corrected chi connectivity index (χ4v) is 4.42. The molecule has 0 heterocycles. The van der Waals surface area contributed by atoms with E-state index < -0.39 is 0 Å². The first-order valence-electron chi connectivity index (χ1n) is 10.4. The molecule has 142 valence electrons. The minimum atomic E-state index is 0.808. The molecule has 0 N–H and O–H groups in total. The monoisotopic (exact) mass is 384 g/mol. The van der Waals surface area contributed by atoms with Crippen LogP contribution < -0.4 is 0 Å². The molecule has 30 heavy (non-hydrogen) atoms. The van der Waals surface area contributed by atoms with Gasteiger partial charge in [0.2, 0.25) is 0 Å². The van der Waals surface area contributed by atoms with Crippen molar-refractivity contribution in [2.75, 3.05) is 0 Å². The van der Waals surface area contributed by atoms with Crippen LogP contribution in [0, 0.1) is 0 Å². The van der Waals surface area contributed by atoms with Gasteiger partial charge in [-0.2, -0.15) is 10.2 Å². The maximum Gasteiger partial charge on any atom is 0.0746 e. The lowest BCUT2D eigenvalue weighted by Crippen LogP contribution is -2.08.